The summed E-state index contributed by atoms with van der Waals surface area (Å²) < 4.78 is 5.84. The van der Waals surface area contributed by atoms with E-state index >= 15 is 0 Å². The van der Waals surface area contributed by atoms with E-state index in [0.717, 1.165) is 30.2 Å². The molecule has 0 amide bonds. The summed E-state index contributed by atoms with van der Waals surface area (Å²) in [5.74, 6) is 1.09. The van der Waals surface area contributed by atoms with Crippen molar-refractivity contribution in [1.82, 2.24) is 9.27 Å². The monoisotopic (exact) mass is 293 g/mol. The number of aromatic nitrogens is 1. The zero-order chi connectivity index (χ0) is 14.2. The second-order valence-electron chi connectivity index (χ2n) is 5.23. The lowest BCUT2D eigenvalue weighted by Gasteiger charge is -2.13. The Labute approximate surface area is 127 Å². The van der Waals surface area contributed by atoms with Crippen LogP contribution in [0.2, 0.25) is 0 Å². The van der Waals surface area contributed by atoms with Gasteiger partial charge in [0, 0.05) is 30.1 Å². The predicted octanol–water partition coefficient (Wildman–Crippen LogP) is 3.66. The van der Waals surface area contributed by atoms with Crippen LogP contribution in [0.3, 0.4) is 0 Å². The molecule has 21 heavy (non-hydrogen) atoms. The summed E-state index contributed by atoms with van der Waals surface area (Å²) in [5.41, 5.74) is 3.42. The fourth-order valence-corrected chi connectivity index (χ4v) is 3.51. The molecule has 1 aliphatic rings. The Balaban J connectivity index is 1.74. The molecule has 4 rings (SSSR count). The van der Waals surface area contributed by atoms with Crippen LogP contribution in [0.5, 0.6) is 0 Å². The third-order valence-corrected chi connectivity index (χ3v) is 4.68. The van der Waals surface area contributed by atoms with E-state index < -0.39 is 0 Å². The number of hydrogen-bond donors (Lipinski definition) is 0. The van der Waals surface area contributed by atoms with E-state index in [-0.39, 0.29) is 0 Å². The minimum absolute atomic E-state index is 0.893. The van der Waals surface area contributed by atoms with Gasteiger partial charge in [-0.1, -0.05) is 42.5 Å². The Morgan fingerprint density at radius 2 is 1.76 bits per heavy atom. The van der Waals surface area contributed by atoms with E-state index in [2.05, 4.69) is 69.8 Å². The SMILES string of the molecule is CN1CCN=C1c1ccc(-c2nsc3ccccc23)cc1. The molecule has 0 radical (unpaired) electrons. The van der Waals surface area contributed by atoms with Crippen LogP contribution in [0.4, 0.5) is 0 Å². The van der Waals surface area contributed by atoms with Gasteiger partial charge in [0.15, 0.2) is 0 Å². The smallest absolute Gasteiger partial charge is 0.130 e. The highest BCUT2D eigenvalue weighted by molar-refractivity contribution is 7.13. The molecule has 3 aromatic rings. The molecule has 1 aromatic heterocycles. The van der Waals surface area contributed by atoms with Gasteiger partial charge < -0.3 is 4.90 Å². The molecule has 4 heteroatoms. The van der Waals surface area contributed by atoms with E-state index in [0.29, 0.717) is 0 Å². The van der Waals surface area contributed by atoms with Gasteiger partial charge in [-0.3, -0.25) is 4.99 Å². The highest BCUT2D eigenvalue weighted by Gasteiger charge is 2.15. The number of nitrogens with zero attached hydrogens (tertiary/aromatic N) is 3. The van der Waals surface area contributed by atoms with Crippen LogP contribution in [-0.4, -0.2) is 35.2 Å². The average molecular weight is 293 g/mol. The molecule has 0 saturated carbocycles. The molecule has 0 spiro atoms. The standard InChI is InChI=1S/C17H15N3S/c1-20-11-10-18-17(20)13-8-6-12(7-9-13)16-14-4-2-3-5-15(14)21-19-16/h2-9H,10-11H2,1H3. The fourth-order valence-electron chi connectivity index (χ4n) is 2.72. The second-order valence-corrected chi connectivity index (χ2v) is 6.04. The molecule has 0 fully saturated rings. The minimum Gasteiger partial charge on any atom is -0.358 e. The first kappa shape index (κ1) is 12.5. The maximum absolute atomic E-state index is 4.61. The van der Waals surface area contributed by atoms with Gasteiger partial charge in [-0.25, -0.2) is 0 Å². The Bertz CT molecular complexity index is 817. The van der Waals surface area contributed by atoms with E-state index in [9.17, 15) is 0 Å². The number of rotatable bonds is 2. The Morgan fingerprint density at radius 1 is 1.00 bits per heavy atom. The van der Waals surface area contributed by atoms with Gasteiger partial charge in [-0.15, -0.1) is 0 Å². The van der Waals surface area contributed by atoms with E-state index in [1.54, 1.807) is 11.5 Å². The normalized spacial score (nSPS) is 14.7. The summed E-state index contributed by atoms with van der Waals surface area (Å²) in [6, 6.07) is 17.0. The zero-order valence-corrected chi connectivity index (χ0v) is 12.6. The van der Waals surface area contributed by atoms with Gasteiger partial charge in [-0.2, -0.15) is 4.37 Å². The van der Waals surface area contributed by atoms with Crippen LogP contribution in [0.1, 0.15) is 5.56 Å². The molecule has 0 aliphatic carbocycles. The number of benzene rings is 2. The molecule has 1 aliphatic heterocycles. The first-order valence-electron chi connectivity index (χ1n) is 7.04. The van der Waals surface area contributed by atoms with Gasteiger partial charge in [0.25, 0.3) is 0 Å². The molecule has 0 N–H and O–H groups in total. The lowest BCUT2D eigenvalue weighted by Crippen LogP contribution is -2.23. The van der Waals surface area contributed by atoms with Gasteiger partial charge in [-0.05, 0) is 17.6 Å². The number of aliphatic imine (C=N–C) groups is 1. The number of hydrogen-bond acceptors (Lipinski definition) is 4. The Hall–Kier alpha value is -2.20. The molecule has 0 saturated heterocycles. The largest absolute Gasteiger partial charge is 0.358 e. The molecule has 0 atom stereocenters. The van der Waals surface area contributed by atoms with Crippen molar-refractivity contribution in [2.75, 3.05) is 20.1 Å². The van der Waals surface area contributed by atoms with Crippen molar-refractivity contribution >= 4 is 27.5 Å². The van der Waals surface area contributed by atoms with Crippen molar-refractivity contribution in [3.63, 3.8) is 0 Å². The first-order chi connectivity index (χ1) is 10.3. The van der Waals surface area contributed by atoms with Crippen molar-refractivity contribution in [2.45, 2.75) is 0 Å². The summed E-state index contributed by atoms with van der Waals surface area (Å²) in [4.78, 5) is 6.76. The van der Waals surface area contributed by atoms with Crippen LogP contribution in [0.15, 0.2) is 53.5 Å². The van der Waals surface area contributed by atoms with Crippen LogP contribution in [0.25, 0.3) is 21.3 Å². The topological polar surface area (TPSA) is 28.5 Å². The highest BCUT2D eigenvalue weighted by Crippen LogP contribution is 2.30. The van der Waals surface area contributed by atoms with E-state index in [1.807, 2.05) is 0 Å². The third-order valence-electron chi connectivity index (χ3n) is 3.85. The molecule has 104 valence electrons. The van der Waals surface area contributed by atoms with Crippen molar-refractivity contribution in [1.29, 1.82) is 0 Å². The zero-order valence-electron chi connectivity index (χ0n) is 11.8. The van der Waals surface area contributed by atoms with E-state index in [1.165, 1.54) is 15.6 Å². The third kappa shape index (κ3) is 2.12. The minimum atomic E-state index is 0.893. The molecule has 2 aromatic carbocycles. The van der Waals surface area contributed by atoms with Crippen LogP contribution in [0, 0.1) is 0 Å². The lowest BCUT2D eigenvalue weighted by molar-refractivity contribution is 0.557. The summed E-state index contributed by atoms with van der Waals surface area (Å²) in [6.45, 7) is 1.90. The van der Waals surface area contributed by atoms with Crippen molar-refractivity contribution in [3.05, 3.63) is 54.1 Å². The Kier molecular flexibility index (Phi) is 2.97. The molecular formula is C17H15N3S. The van der Waals surface area contributed by atoms with Gasteiger partial charge in [0.1, 0.15) is 5.84 Å². The van der Waals surface area contributed by atoms with Crippen molar-refractivity contribution in [2.24, 2.45) is 4.99 Å². The van der Waals surface area contributed by atoms with Crippen molar-refractivity contribution < 1.29 is 0 Å². The lowest BCUT2D eigenvalue weighted by atomic mass is 10.1. The first-order valence-corrected chi connectivity index (χ1v) is 7.81. The average Bonchev–Trinajstić information content (AvgIpc) is 3.14. The van der Waals surface area contributed by atoms with Crippen LogP contribution >= 0.6 is 11.5 Å². The summed E-state index contributed by atoms with van der Waals surface area (Å²) >= 11 is 1.56. The molecule has 0 bridgehead atoms. The molecular weight excluding hydrogens is 278 g/mol. The molecule has 3 nitrogen and oxygen atoms in total. The Morgan fingerprint density at radius 3 is 2.52 bits per heavy atom. The quantitative estimate of drug-likeness (QED) is 0.721. The number of fused-ring (bicyclic) bond motifs is 1. The maximum atomic E-state index is 4.61. The number of likely N-dealkylation sites (N-methyl/N-ethyl adjacent to an activating group) is 1. The van der Waals surface area contributed by atoms with Gasteiger partial charge >= 0.3 is 0 Å². The summed E-state index contributed by atoms with van der Waals surface area (Å²) in [7, 11) is 2.09. The van der Waals surface area contributed by atoms with Gasteiger partial charge in [0.2, 0.25) is 0 Å². The maximum Gasteiger partial charge on any atom is 0.130 e. The second kappa shape index (κ2) is 4.97. The molecule has 0 unspecified atom stereocenters. The predicted molar refractivity (Wildman–Crippen MR) is 89.1 cm³/mol. The van der Waals surface area contributed by atoms with Gasteiger partial charge in [0.05, 0.1) is 16.9 Å². The number of amidine groups is 1. The highest BCUT2D eigenvalue weighted by atomic mass is 32.1. The summed E-state index contributed by atoms with van der Waals surface area (Å²) in [6.07, 6.45) is 0. The van der Waals surface area contributed by atoms with Crippen LogP contribution < -0.4 is 0 Å². The van der Waals surface area contributed by atoms with Crippen LogP contribution in [-0.2, 0) is 0 Å². The van der Waals surface area contributed by atoms with Crippen molar-refractivity contribution in [3.8, 4) is 11.3 Å². The summed E-state index contributed by atoms with van der Waals surface area (Å²) in [5, 5.41) is 1.23. The van der Waals surface area contributed by atoms with E-state index in [4.69, 9.17) is 0 Å². The fraction of sp³-hybridized carbons (Fsp3) is 0.176. The molecule has 2 heterocycles.